The Hall–Kier alpha value is -1.97. The van der Waals surface area contributed by atoms with Crippen molar-refractivity contribution in [3.63, 3.8) is 0 Å². The van der Waals surface area contributed by atoms with Gasteiger partial charge in [-0.2, -0.15) is 0 Å². The van der Waals surface area contributed by atoms with Gasteiger partial charge in [0.15, 0.2) is 5.96 Å². The maximum atomic E-state index is 11.8. The first-order valence-corrected chi connectivity index (χ1v) is 11.2. The number of thiazole rings is 1. The summed E-state index contributed by atoms with van der Waals surface area (Å²) in [6.45, 7) is 8.08. The highest BCUT2D eigenvalue weighted by molar-refractivity contribution is 7.89. The molecule has 0 amide bonds. The topological polar surface area (TPSA) is 95.5 Å². The molecule has 1 aromatic carbocycles. The van der Waals surface area contributed by atoms with Gasteiger partial charge in [-0.05, 0) is 37.6 Å². The average molecular weight is 410 g/mol. The van der Waals surface area contributed by atoms with E-state index in [0.717, 1.165) is 22.8 Å². The van der Waals surface area contributed by atoms with Crippen LogP contribution in [0.5, 0.6) is 0 Å². The van der Waals surface area contributed by atoms with E-state index in [-0.39, 0.29) is 4.90 Å². The lowest BCUT2D eigenvalue weighted by Crippen LogP contribution is -2.36. The summed E-state index contributed by atoms with van der Waals surface area (Å²) in [7, 11) is -2.02. The Morgan fingerprint density at radius 2 is 1.93 bits per heavy atom. The lowest BCUT2D eigenvalue weighted by atomic mass is 10.2. The predicted octanol–water partition coefficient (Wildman–Crippen LogP) is 2.43. The molecule has 0 aliphatic carbocycles. The Morgan fingerprint density at radius 1 is 1.22 bits per heavy atom. The zero-order chi connectivity index (χ0) is 19.9. The standard InChI is InChI=1S/C18H27N5O2S2/c1-5-20-18(22-11-17-23-16(12-26-17)13(2)3)21-10-14-6-8-15(9-7-14)27(24,25)19-4/h6-9,12-13,19H,5,10-11H2,1-4H3,(H2,20,21,22). The number of aliphatic imine (C=N–C) groups is 1. The van der Waals surface area contributed by atoms with Crippen molar-refractivity contribution in [3.05, 3.63) is 45.9 Å². The van der Waals surface area contributed by atoms with Crippen molar-refractivity contribution >= 4 is 27.3 Å². The van der Waals surface area contributed by atoms with Crippen LogP contribution in [-0.4, -0.2) is 33.0 Å². The van der Waals surface area contributed by atoms with E-state index in [1.54, 1.807) is 35.6 Å². The zero-order valence-electron chi connectivity index (χ0n) is 16.1. The van der Waals surface area contributed by atoms with Gasteiger partial charge in [-0.1, -0.05) is 26.0 Å². The van der Waals surface area contributed by atoms with Crippen LogP contribution >= 0.6 is 11.3 Å². The largest absolute Gasteiger partial charge is 0.357 e. The molecule has 0 aliphatic heterocycles. The molecule has 1 heterocycles. The summed E-state index contributed by atoms with van der Waals surface area (Å²) in [5, 5.41) is 9.60. The number of nitrogens with zero attached hydrogens (tertiary/aromatic N) is 2. The van der Waals surface area contributed by atoms with E-state index in [9.17, 15) is 8.42 Å². The molecule has 1 aromatic heterocycles. The minimum absolute atomic E-state index is 0.243. The second-order valence-corrected chi connectivity index (χ2v) is 9.05. The van der Waals surface area contributed by atoms with Gasteiger partial charge in [0.05, 0.1) is 23.7 Å². The molecule has 2 rings (SSSR count). The molecular formula is C18H27N5O2S2. The summed E-state index contributed by atoms with van der Waals surface area (Å²) < 4.78 is 25.8. The third kappa shape index (κ3) is 6.30. The van der Waals surface area contributed by atoms with Crippen molar-refractivity contribution in [1.82, 2.24) is 20.3 Å². The Bertz CT molecular complexity index is 858. The van der Waals surface area contributed by atoms with Crippen molar-refractivity contribution in [2.24, 2.45) is 4.99 Å². The molecule has 0 aliphatic rings. The summed E-state index contributed by atoms with van der Waals surface area (Å²) in [5.74, 6) is 1.12. The number of rotatable bonds is 8. The molecule has 0 saturated heterocycles. The Balaban J connectivity index is 1.99. The molecule has 0 bridgehead atoms. The van der Waals surface area contributed by atoms with Crippen LogP contribution in [0.1, 0.15) is 43.0 Å². The highest BCUT2D eigenvalue weighted by Crippen LogP contribution is 2.17. The molecule has 7 nitrogen and oxygen atoms in total. The van der Waals surface area contributed by atoms with Gasteiger partial charge in [0.25, 0.3) is 0 Å². The van der Waals surface area contributed by atoms with Crippen LogP contribution in [0.2, 0.25) is 0 Å². The first-order chi connectivity index (χ1) is 12.9. The summed E-state index contributed by atoms with van der Waals surface area (Å²) in [4.78, 5) is 9.41. The highest BCUT2D eigenvalue weighted by atomic mass is 32.2. The van der Waals surface area contributed by atoms with E-state index in [0.29, 0.717) is 25.0 Å². The first-order valence-electron chi connectivity index (χ1n) is 8.84. The second-order valence-electron chi connectivity index (χ2n) is 6.22. The van der Waals surface area contributed by atoms with Crippen molar-refractivity contribution in [2.45, 2.75) is 44.7 Å². The van der Waals surface area contributed by atoms with Crippen molar-refractivity contribution in [1.29, 1.82) is 0 Å². The molecule has 3 N–H and O–H groups in total. The van der Waals surface area contributed by atoms with Gasteiger partial charge in [0.2, 0.25) is 10.0 Å². The molecule has 27 heavy (non-hydrogen) atoms. The van der Waals surface area contributed by atoms with Crippen LogP contribution in [-0.2, 0) is 23.1 Å². The minimum Gasteiger partial charge on any atom is -0.357 e. The smallest absolute Gasteiger partial charge is 0.240 e. The average Bonchev–Trinajstić information content (AvgIpc) is 3.14. The third-order valence-corrected chi connectivity index (χ3v) is 6.13. The number of sulfonamides is 1. The Kier molecular flexibility index (Phi) is 7.76. The van der Waals surface area contributed by atoms with Gasteiger partial charge in [-0.3, -0.25) is 0 Å². The van der Waals surface area contributed by atoms with Crippen LogP contribution in [0.4, 0.5) is 0 Å². The van der Waals surface area contributed by atoms with Crippen LogP contribution in [0.3, 0.4) is 0 Å². The van der Waals surface area contributed by atoms with E-state index in [1.165, 1.54) is 7.05 Å². The monoisotopic (exact) mass is 409 g/mol. The Morgan fingerprint density at radius 3 is 2.48 bits per heavy atom. The first kappa shape index (κ1) is 21.3. The molecule has 0 unspecified atom stereocenters. The molecule has 148 valence electrons. The molecule has 9 heteroatoms. The summed E-state index contributed by atoms with van der Waals surface area (Å²) in [6.07, 6.45) is 0. The van der Waals surface area contributed by atoms with E-state index < -0.39 is 10.0 Å². The Labute approximate surface area is 165 Å². The summed E-state index contributed by atoms with van der Waals surface area (Å²) in [5.41, 5.74) is 2.04. The molecule has 0 spiro atoms. The van der Waals surface area contributed by atoms with E-state index >= 15 is 0 Å². The predicted molar refractivity (Wildman–Crippen MR) is 111 cm³/mol. The van der Waals surface area contributed by atoms with Crippen LogP contribution < -0.4 is 15.4 Å². The second kappa shape index (κ2) is 9.82. The van der Waals surface area contributed by atoms with Gasteiger partial charge < -0.3 is 10.6 Å². The van der Waals surface area contributed by atoms with Gasteiger partial charge in [-0.25, -0.2) is 23.1 Å². The SMILES string of the molecule is CCNC(=NCc1ccc(S(=O)(=O)NC)cc1)NCc1nc(C(C)C)cs1. The normalized spacial score (nSPS) is 12.4. The number of hydrogen-bond donors (Lipinski definition) is 3. The van der Waals surface area contributed by atoms with Gasteiger partial charge in [-0.15, -0.1) is 11.3 Å². The number of hydrogen-bond acceptors (Lipinski definition) is 5. The minimum atomic E-state index is -3.41. The van der Waals surface area contributed by atoms with Crippen LogP contribution in [0, 0.1) is 0 Å². The fourth-order valence-corrected chi connectivity index (χ4v) is 3.86. The number of benzene rings is 1. The quantitative estimate of drug-likeness (QED) is 0.460. The maximum absolute atomic E-state index is 11.8. The molecule has 0 fully saturated rings. The lowest BCUT2D eigenvalue weighted by molar-refractivity contribution is 0.588. The number of aromatic nitrogens is 1. The van der Waals surface area contributed by atoms with Gasteiger partial charge >= 0.3 is 0 Å². The molecule has 0 saturated carbocycles. The number of nitrogens with one attached hydrogen (secondary N) is 3. The van der Waals surface area contributed by atoms with E-state index in [4.69, 9.17) is 0 Å². The van der Waals surface area contributed by atoms with E-state index in [2.05, 4.69) is 44.6 Å². The lowest BCUT2D eigenvalue weighted by Gasteiger charge is -2.10. The molecule has 0 atom stereocenters. The third-order valence-electron chi connectivity index (χ3n) is 3.83. The highest BCUT2D eigenvalue weighted by Gasteiger charge is 2.10. The van der Waals surface area contributed by atoms with Gasteiger partial charge in [0, 0.05) is 11.9 Å². The summed E-state index contributed by atoms with van der Waals surface area (Å²) >= 11 is 1.64. The van der Waals surface area contributed by atoms with E-state index in [1.807, 2.05) is 6.92 Å². The fourth-order valence-electron chi connectivity index (χ4n) is 2.23. The number of guanidine groups is 1. The van der Waals surface area contributed by atoms with Gasteiger partial charge in [0.1, 0.15) is 5.01 Å². The van der Waals surface area contributed by atoms with Crippen molar-refractivity contribution in [3.8, 4) is 0 Å². The fraction of sp³-hybridized carbons (Fsp3) is 0.444. The maximum Gasteiger partial charge on any atom is 0.240 e. The van der Waals surface area contributed by atoms with Crippen LogP contribution in [0.15, 0.2) is 39.5 Å². The molecule has 0 radical (unpaired) electrons. The molecule has 2 aromatic rings. The summed E-state index contributed by atoms with van der Waals surface area (Å²) in [6, 6.07) is 6.71. The van der Waals surface area contributed by atoms with Crippen molar-refractivity contribution < 1.29 is 8.42 Å². The molecular weight excluding hydrogens is 382 g/mol. The zero-order valence-corrected chi connectivity index (χ0v) is 17.7. The van der Waals surface area contributed by atoms with Crippen molar-refractivity contribution in [2.75, 3.05) is 13.6 Å². The van der Waals surface area contributed by atoms with Crippen LogP contribution in [0.25, 0.3) is 0 Å².